The molecule has 0 saturated heterocycles. The minimum atomic E-state index is -0.962. The number of anilines is 1. The van der Waals surface area contributed by atoms with E-state index < -0.39 is 34.2 Å². The molecule has 0 aromatic heterocycles. The first-order valence-corrected chi connectivity index (χ1v) is 11.7. The number of benzene rings is 3. The molecule has 0 fully saturated rings. The summed E-state index contributed by atoms with van der Waals surface area (Å²) in [5, 5.41) is 18.1. The van der Waals surface area contributed by atoms with Crippen molar-refractivity contribution in [3.8, 4) is 17.2 Å². The van der Waals surface area contributed by atoms with Gasteiger partial charge in [-0.05, 0) is 48.5 Å². The van der Waals surface area contributed by atoms with Crippen molar-refractivity contribution >= 4 is 41.3 Å². The minimum absolute atomic E-state index is 0.0315. The lowest BCUT2D eigenvalue weighted by atomic mass is 10.1. The van der Waals surface area contributed by atoms with Crippen LogP contribution in [-0.4, -0.2) is 42.0 Å². The van der Waals surface area contributed by atoms with Crippen LogP contribution in [0.4, 0.5) is 11.4 Å². The number of nitrogens with one attached hydrogen (secondary N) is 2. The topological polar surface area (TPSA) is 176 Å². The van der Waals surface area contributed by atoms with Crippen LogP contribution < -0.4 is 25.0 Å². The van der Waals surface area contributed by atoms with Crippen LogP contribution in [-0.2, 0) is 9.59 Å². The number of carbonyl (C=O) groups is 4. The van der Waals surface area contributed by atoms with Gasteiger partial charge in [0.05, 0.1) is 23.8 Å². The van der Waals surface area contributed by atoms with E-state index in [1.54, 1.807) is 19.1 Å². The molecule has 0 bridgehead atoms. The molecule has 13 nitrogen and oxygen atoms in total. The van der Waals surface area contributed by atoms with Gasteiger partial charge in [-0.1, -0.05) is 13.0 Å². The third kappa shape index (κ3) is 7.47. The van der Waals surface area contributed by atoms with Gasteiger partial charge in [0, 0.05) is 36.2 Å². The maximum Gasteiger partial charge on any atom is 0.343 e. The molecule has 13 heteroatoms. The lowest BCUT2D eigenvalue weighted by Crippen LogP contribution is -2.18. The standard InChI is InChI=1S/C27H24N4O9/c1-4-24(33)29-20-11-8-17(9-12-20)26(34)30-28-15-19-6-5-7-21(31(36)37)25(19)40-27(35)18-10-13-22(39-16(2)32)23(14-18)38-3/h5-15H,4H2,1-3H3,(H,29,33)(H,30,34)/b28-15+. The van der Waals surface area contributed by atoms with E-state index in [9.17, 15) is 29.3 Å². The monoisotopic (exact) mass is 548 g/mol. The van der Waals surface area contributed by atoms with Crippen LogP contribution in [0.3, 0.4) is 0 Å². The molecule has 3 rings (SSSR count). The Morgan fingerprint density at radius 3 is 2.30 bits per heavy atom. The second kappa shape index (κ2) is 13.3. The van der Waals surface area contributed by atoms with Crippen LogP contribution >= 0.6 is 0 Å². The van der Waals surface area contributed by atoms with Crippen molar-refractivity contribution in [1.29, 1.82) is 0 Å². The smallest absolute Gasteiger partial charge is 0.343 e. The van der Waals surface area contributed by atoms with Gasteiger partial charge in [-0.2, -0.15) is 5.10 Å². The van der Waals surface area contributed by atoms with Crippen molar-refractivity contribution < 1.29 is 38.3 Å². The third-order valence-corrected chi connectivity index (χ3v) is 5.19. The first-order valence-electron chi connectivity index (χ1n) is 11.7. The van der Waals surface area contributed by atoms with Crippen molar-refractivity contribution in [1.82, 2.24) is 5.43 Å². The number of esters is 2. The number of amides is 2. The summed E-state index contributed by atoms with van der Waals surface area (Å²) in [6.07, 6.45) is 1.40. The summed E-state index contributed by atoms with van der Waals surface area (Å²) in [4.78, 5) is 59.0. The van der Waals surface area contributed by atoms with Crippen LogP contribution in [0.25, 0.3) is 0 Å². The zero-order valence-electron chi connectivity index (χ0n) is 21.6. The van der Waals surface area contributed by atoms with Crippen LogP contribution in [0.2, 0.25) is 0 Å². The van der Waals surface area contributed by atoms with E-state index in [2.05, 4.69) is 15.8 Å². The van der Waals surface area contributed by atoms with E-state index in [1.165, 1.54) is 56.5 Å². The summed E-state index contributed by atoms with van der Waals surface area (Å²) in [5.41, 5.74) is 2.53. The summed E-state index contributed by atoms with van der Waals surface area (Å²) < 4.78 is 15.5. The van der Waals surface area contributed by atoms with Gasteiger partial charge in [0.1, 0.15) is 0 Å². The zero-order valence-corrected chi connectivity index (χ0v) is 21.6. The van der Waals surface area contributed by atoms with Gasteiger partial charge in [-0.25, -0.2) is 10.2 Å². The Hall–Kier alpha value is -5.59. The fourth-order valence-corrected chi connectivity index (χ4v) is 3.26. The van der Waals surface area contributed by atoms with E-state index in [0.717, 1.165) is 12.3 Å². The quantitative estimate of drug-likeness (QED) is 0.125. The van der Waals surface area contributed by atoms with E-state index >= 15 is 0 Å². The highest BCUT2D eigenvalue weighted by molar-refractivity contribution is 5.97. The molecule has 2 N–H and O–H groups in total. The van der Waals surface area contributed by atoms with E-state index in [-0.39, 0.29) is 34.1 Å². The molecule has 0 aliphatic rings. The van der Waals surface area contributed by atoms with Crippen molar-refractivity contribution in [3.63, 3.8) is 0 Å². The molecule has 40 heavy (non-hydrogen) atoms. The lowest BCUT2D eigenvalue weighted by molar-refractivity contribution is -0.385. The minimum Gasteiger partial charge on any atom is -0.493 e. The first kappa shape index (κ1) is 29.0. The van der Waals surface area contributed by atoms with Gasteiger partial charge in [-0.3, -0.25) is 24.5 Å². The maximum atomic E-state index is 12.9. The molecule has 0 radical (unpaired) electrons. The molecule has 0 heterocycles. The summed E-state index contributed by atoms with van der Waals surface area (Å²) >= 11 is 0. The number of rotatable bonds is 10. The number of nitro groups is 1. The lowest BCUT2D eigenvalue weighted by Gasteiger charge is -2.11. The van der Waals surface area contributed by atoms with Crippen molar-refractivity contribution in [3.05, 3.63) is 87.5 Å². The van der Waals surface area contributed by atoms with Crippen molar-refractivity contribution in [2.75, 3.05) is 12.4 Å². The highest BCUT2D eigenvalue weighted by Gasteiger charge is 2.23. The summed E-state index contributed by atoms with van der Waals surface area (Å²) in [5.74, 6) is -2.59. The largest absolute Gasteiger partial charge is 0.493 e. The molecule has 0 aliphatic carbocycles. The zero-order chi connectivity index (χ0) is 29.2. The number of nitrogens with zero attached hydrogens (tertiary/aromatic N) is 2. The molecule has 0 spiro atoms. The number of hydrogen-bond donors (Lipinski definition) is 2. The van der Waals surface area contributed by atoms with Crippen LogP contribution in [0.15, 0.2) is 65.8 Å². The SMILES string of the molecule is CCC(=O)Nc1ccc(C(=O)N/N=C/c2cccc([N+](=O)[O-])c2OC(=O)c2ccc(OC(C)=O)c(OC)c2)cc1. The van der Waals surface area contributed by atoms with Gasteiger partial charge >= 0.3 is 17.6 Å². The second-order valence-corrected chi connectivity index (χ2v) is 7.98. The highest BCUT2D eigenvalue weighted by Crippen LogP contribution is 2.32. The van der Waals surface area contributed by atoms with Gasteiger partial charge in [0.2, 0.25) is 11.7 Å². The predicted molar refractivity (Wildman–Crippen MR) is 143 cm³/mol. The maximum absolute atomic E-state index is 12.9. The number of carbonyl (C=O) groups excluding carboxylic acids is 4. The molecule has 2 amide bonds. The molecule has 0 unspecified atom stereocenters. The summed E-state index contributed by atoms with van der Waals surface area (Å²) in [7, 11) is 1.31. The van der Waals surface area contributed by atoms with Crippen LogP contribution in [0.5, 0.6) is 17.2 Å². The molecule has 206 valence electrons. The number of para-hydroxylation sites is 1. The normalized spacial score (nSPS) is 10.5. The Bertz CT molecular complexity index is 1480. The van der Waals surface area contributed by atoms with Gasteiger partial charge < -0.3 is 19.5 Å². The third-order valence-electron chi connectivity index (χ3n) is 5.19. The Labute approximate surface area is 227 Å². The Balaban J connectivity index is 1.80. The average Bonchev–Trinajstić information content (AvgIpc) is 2.93. The Kier molecular flexibility index (Phi) is 9.62. The molecule has 0 atom stereocenters. The fourth-order valence-electron chi connectivity index (χ4n) is 3.26. The molecule has 0 saturated carbocycles. The fraction of sp³-hybridized carbons (Fsp3) is 0.148. The second-order valence-electron chi connectivity index (χ2n) is 7.98. The number of hydrogen-bond acceptors (Lipinski definition) is 10. The summed E-state index contributed by atoms with van der Waals surface area (Å²) in [6, 6.07) is 13.8. The van der Waals surface area contributed by atoms with Crippen molar-refractivity contribution in [2.45, 2.75) is 20.3 Å². The molecular formula is C27H24N4O9. The molecule has 3 aromatic rings. The Morgan fingerprint density at radius 1 is 0.975 bits per heavy atom. The first-order chi connectivity index (χ1) is 19.1. The van der Waals surface area contributed by atoms with E-state index in [1.807, 2.05) is 0 Å². The van der Waals surface area contributed by atoms with Gasteiger partial charge in [-0.15, -0.1) is 0 Å². The number of hydrazone groups is 1. The molecule has 3 aromatic carbocycles. The number of methoxy groups -OCH3 is 1. The van der Waals surface area contributed by atoms with Gasteiger partial charge in [0.25, 0.3) is 5.91 Å². The molecular weight excluding hydrogens is 524 g/mol. The van der Waals surface area contributed by atoms with Crippen LogP contribution in [0.1, 0.15) is 46.5 Å². The van der Waals surface area contributed by atoms with E-state index in [0.29, 0.717) is 12.1 Å². The van der Waals surface area contributed by atoms with Gasteiger partial charge in [0.15, 0.2) is 11.5 Å². The Morgan fingerprint density at radius 2 is 1.68 bits per heavy atom. The van der Waals surface area contributed by atoms with E-state index in [4.69, 9.17) is 14.2 Å². The van der Waals surface area contributed by atoms with Crippen molar-refractivity contribution in [2.24, 2.45) is 5.10 Å². The number of ether oxygens (including phenoxy) is 3. The van der Waals surface area contributed by atoms with Crippen LogP contribution in [0, 0.1) is 10.1 Å². The predicted octanol–water partition coefficient (Wildman–Crippen LogP) is 3.86. The average molecular weight is 549 g/mol. The molecule has 0 aliphatic heterocycles. The highest BCUT2D eigenvalue weighted by atomic mass is 16.6. The summed E-state index contributed by atoms with van der Waals surface area (Å²) in [6.45, 7) is 2.91. The number of nitro benzene ring substituents is 1.